The average Bonchev–Trinajstić information content (AvgIpc) is 2.73. The molecule has 0 amide bonds. The largest absolute Gasteiger partial charge is 0.465 e. The molecule has 29 heavy (non-hydrogen) atoms. The van der Waals surface area contributed by atoms with Crippen LogP contribution in [0.5, 0.6) is 0 Å². The molecule has 0 heterocycles. The molecular weight excluding hydrogens is 368 g/mol. The Kier molecular flexibility index (Phi) is 23.1. The molecule has 0 aliphatic heterocycles. The first-order valence-electron chi connectivity index (χ1n) is 12.1. The highest BCUT2D eigenvalue weighted by atomic mass is 16.5. The standard InChI is InChI=1S/C24H48O5/c1-4-7-10-11-14-23(13-8-5-2)22-29-24(25)15-12-17-27-19-21-28-20-18-26-16-9-6-3/h23H,4-22H2,1-3H3. The molecule has 0 N–H and O–H groups in total. The second-order valence-electron chi connectivity index (χ2n) is 7.83. The summed E-state index contributed by atoms with van der Waals surface area (Å²) in [5, 5.41) is 0. The van der Waals surface area contributed by atoms with E-state index >= 15 is 0 Å². The summed E-state index contributed by atoms with van der Waals surface area (Å²) in [5.41, 5.74) is 0. The molecular formula is C24H48O5. The third-order valence-electron chi connectivity index (χ3n) is 4.97. The summed E-state index contributed by atoms with van der Waals surface area (Å²) in [5.74, 6) is 0.430. The maximum atomic E-state index is 12.0. The third-order valence-corrected chi connectivity index (χ3v) is 4.97. The van der Waals surface area contributed by atoms with Crippen molar-refractivity contribution in [2.24, 2.45) is 5.92 Å². The summed E-state index contributed by atoms with van der Waals surface area (Å²) in [6.07, 6.45) is 13.3. The van der Waals surface area contributed by atoms with E-state index < -0.39 is 0 Å². The molecule has 5 nitrogen and oxygen atoms in total. The van der Waals surface area contributed by atoms with E-state index in [-0.39, 0.29) is 5.97 Å². The molecule has 0 fully saturated rings. The smallest absolute Gasteiger partial charge is 0.305 e. The Balaban J connectivity index is 3.55. The Labute approximate surface area is 180 Å². The van der Waals surface area contributed by atoms with Crippen molar-refractivity contribution in [3.05, 3.63) is 0 Å². The topological polar surface area (TPSA) is 54.0 Å². The van der Waals surface area contributed by atoms with Crippen molar-refractivity contribution < 1.29 is 23.7 Å². The second kappa shape index (κ2) is 23.6. The van der Waals surface area contributed by atoms with Gasteiger partial charge in [0.2, 0.25) is 0 Å². The number of carbonyl (C=O) groups is 1. The van der Waals surface area contributed by atoms with Gasteiger partial charge in [0.15, 0.2) is 0 Å². The lowest BCUT2D eigenvalue weighted by molar-refractivity contribution is -0.145. The van der Waals surface area contributed by atoms with Gasteiger partial charge in [-0.25, -0.2) is 0 Å². The molecule has 0 aliphatic rings. The highest BCUT2D eigenvalue weighted by Crippen LogP contribution is 2.18. The number of ether oxygens (including phenoxy) is 4. The van der Waals surface area contributed by atoms with Gasteiger partial charge in [-0.05, 0) is 31.6 Å². The van der Waals surface area contributed by atoms with Crippen molar-refractivity contribution in [3.63, 3.8) is 0 Å². The minimum Gasteiger partial charge on any atom is -0.465 e. The fourth-order valence-corrected chi connectivity index (χ4v) is 3.05. The highest BCUT2D eigenvalue weighted by Gasteiger charge is 2.11. The predicted octanol–water partition coefficient (Wildman–Crippen LogP) is 5.94. The van der Waals surface area contributed by atoms with Gasteiger partial charge in [0, 0.05) is 19.6 Å². The number of hydrogen-bond donors (Lipinski definition) is 0. The van der Waals surface area contributed by atoms with Crippen LogP contribution in [0.1, 0.15) is 97.8 Å². The van der Waals surface area contributed by atoms with Crippen molar-refractivity contribution in [1.29, 1.82) is 0 Å². The summed E-state index contributed by atoms with van der Waals surface area (Å²) in [4.78, 5) is 12.0. The van der Waals surface area contributed by atoms with Gasteiger partial charge in [-0.1, -0.05) is 65.7 Å². The van der Waals surface area contributed by atoms with Gasteiger partial charge in [0.25, 0.3) is 0 Å². The van der Waals surface area contributed by atoms with E-state index in [4.69, 9.17) is 18.9 Å². The van der Waals surface area contributed by atoms with Crippen molar-refractivity contribution in [2.75, 3.05) is 46.2 Å². The number of unbranched alkanes of at least 4 members (excludes halogenated alkanes) is 5. The summed E-state index contributed by atoms with van der Waals surface area (Å²) in [7, 11) is 0. The first-order valence-corrected chi connectivity index (χ1v) is 12.1. The molecule has 0 aromatic heterocycles. The van der Waals surface area contributed by atoms with E-state index in [9.17, 15) is 4.79 Å². The van der Waals surface area contributed by atoms with Crippen LogP contribution >= 0.6 is 0 Å². The number of carbonyl (C=O) groups excluding carboxylic acids is 1. The van der Waals surface area contributed by atoms with Crippen LogP contribution in [0, 0.1) is 5.92 Å². The summed E-state index contributed by atoms with van der Waals surface area (Å²) in [6.45, 7) is 10.9. The molecule has 5 heteroatoms. The first-order chi connectivity index (χ1) is 14.2. The SMILES string of the molecule is CCCCCCC(CCCC)COC(=O)CCCOCCOCCOCCCC. The Hall–Kier alpha value is -0.650. The zero-order valence-electron chi connectivity index (χ0n) is 19.6. The molecule has 0 spiro atoms. The van der Waals surface area contributed by atoms with Gasteiger partial charge >= 0.3 is 5.97 Å². The highest BCUT2D eigenvalue weighted by molar-refractivity contribution is 5.69. The van der Waals surface area contributed by atoms with E-state index in [0.717, 1.165) is 19.4 Å². The van der Waals surface area contributed by atoms with Crippen LogP contribution in [-0.2, 0) is 23.7 Å². The molecule has 174 valence electrons. The van der Waals surface area contributed by atoms with E-state index in [1.54, 1.807) is 0 Å². The minimum absolute atomic E-state index is 0.0934. The molecule has 0 aromatic rings. The van der Waals surface area contributed by atoms with Crippen LogP contribution in [0.15, 0.2) is 0 Å². The molecule has 0 saturated carbocycles. The van der Waals surface area contributed by atoms with Crippen LogP contribution in [0.4, 0.5) is 0 Å². The number of hydrogen-bond acceptors (Lipinski definition) is 5. The Morgan fingerprint density at radius 3 is 1.79 bits per heavy atom. The van der Waals surface area contributed by atoms with Crippen LogP contribution in [0.3, 0.4) is 0 Å². The predicted molar refractivity (Wildman–Crippen MR) is 119 cm³/mol. The first kappa shape index (κ1) is 28.4. The molecule has 0 aromatic carbocycles. The zero-order chi connectivity index (χ0) is 21.4. The van der Waals surface area contributed by atoms with E-state index in [0.29, 0.717) is 58.4 Å². The van der Waals surface area contributed by atoms with Gasteiger partial charge < -0.3 is 18.9 Å². The van der Waals surface area contributed by atoms with Crippen molar-refractivity contribution >= 4 is 5.97 Å². The van der Waals surface area contributed by atoms with Crippen LogP contribution in [0.2, 0.25) is 0 Å². The van der Waals surface area contributed by atoms with E-state index in [1.807, 2.05) is 0 Å². The number of rotatable bonds is 23. The molecule has 0 saturated heterocycles. The van der Waals surface area contributed by atoms with Crippen molar-refractivity contribution in [1.82, 2.24) is 0 Å². The Bertz CT molecular complexity index is 335. The van der Waals surface area contributed by atoms with Gasteiger partial charge in [-0.15, -0.1) is 0 Å². The van der Waals surface area contributed by atoms with Crippen molar-refractivity contribution in [3.8, 4) is 0 Å². The summed E-state index contributed by atoms with van der Waals surface area (Å²) in [6, 6.07) is 0. The van der Waals surface area contributed by atoms with Crippen LogP contribution in [-0.4, -0.2) is 52.2 Å². The molecule has 0 radical (unpaired) electrons. The molecule has 1 atom stereocenters. The number of esters is 1. The van der Waals surface area contributed by atoms with Gasteiger partial charge in [0.1, 0.15) is 0 Å². The van der Waals surface area contributed by atoms with Gasteiger partial charge in [-0.2, -0.15) is 0 Å². The lowest BCUT2D eigenvalue weighted by atomic mass is 9.96. The van der Waals surface area contributed by atoms with E-state index in [1.165, 1.54) is 51.4 Å². The normalized spacial score (nSPS) is 12.2. The second-order valence-corrected chi connectivity index (χ2v) is 7.83. The molecule has 1 unspecified atom stereocenters. The maximum Gasteiger partial charge on any atom is 0.305 e. The van der Waals surface area contributed by atoms with E-state index in [2.05, 4.69) is 20.8 Å². The maximum absolute atomic E-state index is 12.0. The lowest BCUT2D eigenvalue weighted by Gasteiger charge is -2.16. The fourth-order valence-electron chi connectivity index (χ4n) is 3.05. The Morgan fingerprint density at radius 2 is 1.17 bits per heavy atom. The molecule has 0 aliphatic carbocycles. The summed E-state index contributed by atoms with van der Waals surface area (Å²) >= 11 is 0. The van der Waals surface area contributed by atoms with Crippen LogP contribution < -0.4 is 0 Å². The van der Waals surface area contributed by atoms with Gasteiger partial charge in [-0.3, -0.25) is 4.79 Å². The molecule has 0 rings (SSSR count). The summed E-state index contributed by atoms with van der Waals surface area (Å²) < 4.78 is 21.9. The zero-order valence-corrected chi connectivity index (χ0v) is 19.6. The fraction of sp³-hybridized carbons (Fsp3) is 0.958. The average molecular weight is 417 g/mol. The minimum atomic E-state index is -0.0934. The monoisotopic (exact) mass is 416 g/mol. The van der Waals surface area contributed by atoms with Crippen LogP contribution in [0.25, 0.3) is 0 Å². The lowest BCUT2D eigenvalue weighted by Crippen LogP contribution is -2.15. The van der Waals surface area contributed by atoms with Crippen molar-refractivity contribution in [2.45, 2.75) is 97.8 Å². The molecule has 0 bridgehead atoms. The third kappa shape index (κ3) is 21.9. The Morgan fingerprint density at radius 1 is 0.621 bits per heavy atom. The quantitative estimate of drug-likeness (QED) is 0.152. The van der Waals surface area contributed by atoms with Gasteiger partial charge in [0.05, 0.1) is 33.0 Å².